The third kappa shape index (κ3) is 1.94. The van der Waals surface area contributed by atoms with Gasteiger partial charge in [-0.1, -0.05) is 4.57 Å². The van der Waals surface area contributed by atoms with E-state index in [1.165, 1.54) is 0 Å². The van der Waals surface area contributed by atoms with Crippen molar-refractivity contribution in [3.05, 3.63) is 0 Å². The van der Waals surface area contributed by atoms with Crippen LogP contribution in [0.1, 0.15) is 6.92 Å². The standard InChI is InChI=1S/C4H3F6O2P/c1-2(5,6)3(7,8)4(9,10)13(11)12/h1H3. The van der Waals surface area contributed by atoms with E-state index < -0.39 is 32.5 Å². The largest absolute Gasteiger partial charge is 0.590 e. The van der Waals surface area contributed by atoms with Crippen molar-refractivity contribution in [3.63, 3.8) is 0 Å². The van der Waals surface area contributed by atoms with Crippen LogP contribution in [0.3, 0.4) is 0 Å². The fourth-order valence-corrected chi connectivity index (χ4v) is 0.804. The Labute approximate surface area is 69.4 Å². The van der Waals surface area contributed by atoms with E-state index in [2.05, 4.69) is 0 Å². The van der Waals surface area contributed by atoms with Crippen molar-refractivity contribution in [1.82, 2.24) is 0 Å². The zero-order chi connectivity index (χ0) is 11.1. The molecule has 0 aliphatic rings. The van der Waals surface area contributed by atoms with Gasteiger partial charge in [-0.25, -0.2) is 0 Å². The minimum atomic E-state index is -5.91. The Hall–Kier alpha value is -0.360. The molecule has 0 saturated heterocycles. The molecular weight excluding hydrogens is 225 g/mol. The molecule has 1 unspecified atom stereocenters. The van der Waals surface area contributed by atoms with Crippen molar-refractivity contribution >= 4 is 8.03 Å². The van der Waals surface area contributed by atoms with Crippen molar-refractivity contribution in [2.24, 2.45) is 0 Å². The topological polar surface area (TPSA) is 40.1 Å². The highest BCUT2D eigenvalue weighted by Crippen LogP contribution is 2.53. The second kappa shape index (κ2) is 3.09. The lowest BCUT2D eigenvalue weighted by atomic mass is 10.2. The van der Waals surface area contributed by atoms with Crippen molar-refractivity contribution < 1.29 is 35.8 Å². The molecule has 0 aromatic rings. The van der Waals surface area contributed by atoms with Gasteiger partial charge >= 0.3 is 25.5 Å². The van der Waals surface area contributed by atoms with Gasteiger partial charge in [-0.05, 0) is 0 Å². The van der Waals surface area contributed by atoms with Crippen molar-refractivity contribution in [2.75, 3.05) is 0 Å². The Morgan fingerprint density at radius 2 is 1.38 bits per heavy atom. The van der Waals surface area contributed by atoms with Crippen molar-refractivity contribution in [2.45, 2.75) is 24.4 Å². The molecule has 0 rings (SSSR count). The molecule has 0 aromatic heterocycles. The minimum absolute atomic E-state index is 0.486. The molecule has 0 amide bonds. The Balaban J connectivity index is 5.16. The van der Waals surface area contributed by atoms with Crippen LogP contribution in [0.4, 0.5) is 26.3 Å². The Morgan fingerprint density at radius 3 is 1.46 bits per heavy atom. The fraction of sp³-hybridized carbons (Fsp3) is 1.00. The van der Waals surface area contributed by atoms with Gasteiger partial charge in [0.1, 0.15) is 0 Å². The SMILES string of the molecule is CC(F)(F)C(F)(F)C(F)(F)[P+](=O)[O-]. The molecule has 0 aliphatic heterocycles. The zero-order valence-electron chi connectivity index (χ0n) is 6.03. The van der Waals surface area contributed by atoms with Crippen LogP contribution >= 0.6 is 8.03 Å². The first-order valence-electron chi connectivity index (χ1n) is 2.72. The summed E-state index contributed by atoms with van der Waals surface area (Å²) < 4.78 is 81.4. The van der Waals surface area contributed by atoms with E-state index in [0.29, 0.717) is 0 Å². The highest BCUT2D eigenvalue weighted by Gasteiger charge is 2.77. The molecule has 13 heavy (non-hydrogen) atoms. The van der Waals surface area contributed by atoms with Crippen molar-refractivity contribution in [3.8, 4) is 0 Å². The number of alkyl halides is 6. The van der Waals surface area contributed by atoms with Crippen LogP contribution in [0.25, 0.3) is 0 Å². The van der Waals surface area contributed by atoms with Gasteiger partial charge in [0.05, 0.1) is 0 Å². The molecule has 0 aliphatic carbocycles. The van der Waals surface area contributed by atoms with Crippen LogP contribution in [-0.2, 0) is 4.57 Å². The van der Waals surface area contributed by atoms with Crippen LogP contribution in [0, 0.1) is 0 Å². The van der Waals surface area contributed by atoms with Gasteiger partial charge in [-0.3, -0.25) is 0 Å². The maximum absolute atomic E-state index is 12.1. The zero-order valence-corrected chi connectivity index (χ0v) is 6.93. The maximum Gasteiger partial charge on any atom is 0.510 e. The first-order chi connectivity index (χ1) is 5.44. The summed E-state index contributed by atoms with van der Waals surface area (Å²) in [5, 5.41) is 0. The summed E-state index contributed by atoms with van der Waals surface area (Å²) in [6.45, 7) is -0.486. The molecule has 0 N–H and O–H groups in total. The molecule has 0 spiro atoms. The molecule has 0 fully saturated rings. The second-order valence-electron chi connectivity index (χ2n) is 2.26. The lowest BCUT2D eigenvalue weighted by Gasteiger charge is -2.24. The van der Waals surface area contributed by atoms with E-state index in [1.807, 2.05) is 0 Å². The summed E-state index contributed by atoms with van der Waals surface area (Å²) in [7, 11) is -4.96. The lowest BCUT2D eigenvalue weighted by molar-refractivity contribution is -0.289. The lowest BCUT2D eigenvalue weighted by Crippen LogP contribution is -2.51. The monoisotopic (exact) mass is 228 g/mol. The molecule has 9 heteroatoms. The molecule has 0 heterocycles. The smallest absolute Gasteiger partial charge is 0.510 e. The van der Waals surface area contributed by atoms with Crippen LogP contribution in [-0.4, -0.2) is 17.5 Å². The predicted octanol–water partition coefficient (Wildman–Crippen LogP) is 1.97. The van der Waals surface area contributed by atoms with Gasteiger partial charge in [0.25, 0.3) is 0 Å². The van der Waals surface area contributed by atoms with Gasteiger partial charge in [0, 0.05) is 6.92 Å². The number of hydrogen-bond acceptors (Lipinski definition) is 2. The summed E-state index contributed by atoms with van der Waals surface area (Å²) in [6.07, 6.45) is 0. The summed E-state index contributed by atoms with van der Waals surface area (Å²) in [6, 6.07) is 0. The van der Waals surface area contributed by atoms with E-state index in [-0.39, 0.29) is 0 Å². The second-order valence-corrected chi connectivity index (χ2v) is 3.34. The molecule has 78 valence electrons. The van der Waals surface area contributed by atoms with Gasteiger partial charge in [0.2, 0.25) is 0 Å². The van der Waals surface area contributed by atoms with Crippen molar-refractivity contribution in [1.29, 1.82) is 0 Å². The van der Waals surface area contributed by atoms with Crippen LogP contribution < -0.4 is 4.89 Å². The number of hydrogen-bond donors (Lipinski definition) is 0. The highest BCUT2D eigenvalue weighted by molar-refractivity contribution is 7.38. The summed E-state index contributed by atoms with van der Waals surface area (Å²) in [5.74, 6) is -11.0. The first kappa shape index (κ1) is 12.6. The molecule has 0 radical (unpaired) electrons. The van der Waals surface area contributed by atoms with Gasteiger partial charge < -0.3 is 4.89 Å². The normalized spacial score (nSPS) is 15.8. The predicted molar refractivity (Wildman–Crippen MR) is 28.1 cm³/mol. The van der Waals surface area contributed by atoms with E-state index >= 15 is 0 Å². The Bertz CT molecular complexity index is 221. The number of rotatable bonds is 3. The van der Waals surface area contributed by atoms with E-state index in [9.17, 15) is 35.8 Å². The number of halogens is 6. The average Bonchev–Trinajstić information content (AvgIpc) is 1.84. The highest BCUT2D eigenvalue weighted by atomic mass is 31.1. The third-order valence-electron chi connectivity index (χ3n) is 1.16. The maximum atomic E-state index is 12.1. The Morgan fingerprint density at radius 1 is 1.08 bits per heavy atom. The van der Waals surface area contributed by atoms with E-state index in [1.54, 1.807) is 0 Å². The Kier molecular flexibility index (Phi) is 3.01. The van der Waals surface area contributed by atoms with Gasteiger partial charge in [-0.2, -0.15) is 26.3 Å². The average molecular weight is 228 g/mol. The summed E-state index contributed by atoms with van der Waals surface area (Å²) >= 11 is 0. The van der Waals surface area contributed by atoms with Crippen LogP contribution in [0.2, 0.25) is 0 Å². The molecule has 0 aromatic carbocycles. The van der Waals surface area contributed by atoms with Gasteiger partial charge in [-0.15, -0.1) is 0 Å². The summed E-state index contributed by atoms with van der Waals surface area (Å²) in [4.78, 5) is 9.59. The molecular formula is C4H3F6O2P. The fourth-order valence-electron chi connectivity index (χ4n) is 0.379. The van der Waals surface area contributed by atoms with Crippen LogP contribution in [0.15, 0.2) is 0 Å². The molecule has 2 nitrogen and oxygen atoms in total. The summed E-state index contributed by atoms with van der Waals surface area (Å²) in [5.41, 5.74) is -5.75. The molecule has 1 atom stereocenters. The third-order valence-corrected chi connectivity index (χ3v) is 1.90. The van der Waals surface area contributed by atoms with E-state index in [4.69, 9.17) is 0 Å². The van der Waals surface area contributed by atoms with Crippen LogP contribution in [0.5, 0.6) is 0 Å². The molecule has 0 bridgehead atoms. The van der Waals surface area contributed by atoms with Gasteiger partial charge in [0.15, 0.2) is 0 Å². The van der Waals surface area contributed by atoms with E-state index in [0.717, 1.165) is 0 Å². The minimum Gasteiger partial charge on any atom is -0.590 e. The quantitative estimate of drug-likeness (QED) is 0.547. The molecule has 0 saturated carbocycles. The first-order valence-corrected chi connectivity index (χ1v) is 3.90.